The van der Waals surface area contributed by atoms with Gasteiger partial charge in [-0.05, 0) is 45.2 Å². The van der Waals surface area contributed by atoms with Crippen LogP contribution in [0, 0.1) is 13.8 Å². The van der Waals surface area contributed by atoms with E-state index in [0.717, 1.165) is 66.9 Å². The lowest BCUT2D eigenvalue weighted by Gasteiger charge is -2.23. The molecule has 2 fully saturated rings. The zero-order valence-corrected chi connectivity index (χ0v) is 73.7. The van der Waals surface area contributed by atoms with Gasteiger partial charge < -0.3 is 43.0 Å². The number of unbranched alkanes of at least 4 members (excludes halogenated alkanes) is 45. The van der Waals surface area contributed by atoms with Gasteiger partial charge in [0.25, 0.3) is 17.0 Å². The maximum absolute atomic E-state index is 14.6. The summed E-state index contributed by atoms with van der Waals surface area (Å²) in [5.74, 6) is -0.633. The Kier molecular flexibility index (Phi) is 53.7. The predicted octanol–water partition coefficient (Wildman–Crippen LogP) is 20.4. The van der Waals surface area contributed by atoms with Crippen LogP contribution in [0.25, 0.3) is 0 Å². The Balaban J connectivity index is 1.20. The maximum atomic E-state index is 14.6. The average molecular weight is 1680 g/mol. The third-order valence-electron chi connectivity index (χ3n) is 22.2. The highest BCUT2D eigenvalue weighted by Gasteiger charge is 2.46. The van der Waals surface area contributed by atoms with E-state index in [1.807, 2.05) is 0 Å². The number of aromatic nitrogens is 4. The second-order valence-electron chi connectivity index (χ2n) is 32.4. The Morgan fingerprint density at radius 2 is 0.828 bits per heavy atom. The zero-order chi connectivity index (χ0) is 83.8. The van der Waals surface area contributed by atoms with Gasteiger partial charge in [-0.15, -0.1) is 9.42 Å². The number of rotatable bonds is 72. The molecule has 2 saturated heterocycles. The minimum atomic E-state index is -5.18. The number of hydrogen-bond donors (Lipinski definition) is 4. The molecule has 0 spiro atoms. The van der Waals surface area contributed by atoms with Crippen molar-refractivity contribution in [3.63, 3.8) is 0 Å². The number of esters is 2. The molecule has 4 heterocycles. The number of ether oxygens (including phenoxy) is 7. The first-order chi connectivity index (χ1) is 56.2. The van der Waals surface area contributed by atoms with E-state index in [4.69, 9.17) is 46.7 Å². The van der Waals surface area contributed by atoms with Gasteiger partial charge in [-0.25, -0.2) is 14.2 Å². The summed E-state index contributed by atoms with van der Waals surface area (Å²) >= 11 is 0. The molecule has 8 atom stereocenters. The van der Waals surface area contributed by atoms with Gasteiger partial charge >= 0.3 is 39.4 Å². The first-order valence-electron chi connectivity index (χ1n) is 45.3. The zero-order valence-electron chi connectivity index (χ0n) is 71.9. The Bertz CT molecular complexity index is 3430. The van der Waals surface area contributed by atoms with Crippen molar-refractivity contribution in [1.82, 2.24) is 24.0 Å². The first kappa shape index (κ1) is 101. The SMILES string of the molecule is CCCCCCCCCCCCCCCCCCOc1cc(C(=O)N(C)CCOC(=O)CCC(=O)OC2C[C@H](n3cc(C)c(=O)[nH]c3=O)O[C@@H]2COP(=O)(O)OC2C[C@H](n3cc(C)c(=O)[nH]c3=O)O[C@@H]2CO[P+](=O)O)cc(OCCCCCCCCCCCCCCCCCC)c1OCCCCCCCCCCCCCCCCCC. The number of phosphoric ester groups is 1. The van der Waals surface area contributed by atoms with Gasteiger partial charge in [0.15, 0.2) is 11.5 Å². The Morgan fingerprint density at radius 1 is 0.491 bits per heavy atom. The van der Waals surface area contributed by atoms with E-state index in [-0.39, 0.29) is 43.0 Å². The molecule has 4 N–H and O–H groups in total. The quantitative estimate of drug-likeness (QED) is 0.0232. The lowest BCUT2D eigenvalue weighted by molar-refractivity contribution is -0.156. The molecule has 4 unspecified atom stereocenters. The van der Waals surface area contributed by atoms with E-state index in [2.05, 4.69) is 30.7 Å². The van der Waals surface area contributed by atoms with Crippen LogP contribution in [0.1, 0.15) is 389 Å². The normalized spacial score (nSPS) is 17.4. The van der Waals surface area contributed by atoms with E-state index in [1.165, 1.54) is 282 Å². The molecule has 2 aromatic heterocycles. The molecule has 1 amide bonds. The van der Waals surface area contributed by atoms with Crippen LogP contribution in [0.5, 0.6) is 17.2 Å². The van der Waals surface area contributed by atoms with Crippen LogP contribution in [0.4, 0.5) is 0 Å². The van der Waals surface area contributed by atoms with Crippen molar-refractivity contribution in [2.45, 2.75) is 405 Å². The second-order valence-corrected chi connectivity index (χ2v) is 34.5. The molecule has 28 heteroatoms. The number of nitrogens with zero attached hydrogens (tertiary/aromatic N) is 3. The summed E-state index contributed by atoms with van der Waals surface area (Å²) in [5, 5.41) is 0. The molecule has 116 heavy (non-hydrogen) atoms. The smallest absolute Gasteiger partial charge is 0.490 e. The molecular formula is C88H150N5O21P2+. The van der Waals surface area contributed by atoms with Crippen molar-refractivity contribution in [2.24, 2.45) is 0 Å². The molecule has 0 bridgehead atoms. The molecular weight excluding hydrogens is 1520 g/mol. The molecule has 1 aromatic carbocycles. The molecule has 3 aromatic rings. The predicted molar refractivity (Wildman–Crippen MR) is 454 cm³/mol. The molecule has 0 saturated carbocycles. The van der Waals surface area contributed by atoms with Crippen LogP contribution < -0.4 is 36.7 Å². The molecule has 5 rings (SSSR count). The number of benzene rings is 1. The van der Waals surface area contributed by atoms with Gasteiger partial charge in [-0.2, -0.15) is 0 Å². The fourth-order valence-corrected chi connectivity index (χ4v) is 16.3. The summed E-state index contributed by atoms with van der Waals surface area (Å²) in [5.41, 5.74) is -2.43. The number of aromatic amines is 2. The first-order valence-corrected chi connectivity index (χ1v) is 47.9. The highest BCUT2D eigenvalue weighted by Crippen LogP contribution is 2.50. The van der Waals surface area contributed by atoms with Crippen molar-refractivity contribution in [3.05, 3.63) is 82.9 Å². The summed E-state index contributed by atoms with van der Waals surface area (Å²) in [6.07, 6.45) is 53.7. The second kappa shape index (κ2) is 61.7. The van der Waals surface area contributed by atoms with E-state index in [1.54, 1.807) is 19.2 Å². The van der Waals surface area contributed by atoms with Crippen LogP contribution in [-0.2, 0) is 51.2 Å². The maximum Gasteiger partial charge on any atom is 0.694 e. The molecule has 662 valence electrons. The number of carbonyl (C=O) groups is 3. The highest BCUT2D eigenvalue weighted by molar-refractivity contribution is 7.47. The van der Waals surface area contributed by atoms with Crippen molar-refractivity contribution in [1.29, 1.82) is 0 Å². The van der Waals surface area contributed by atoms with Gasteiger partial charge in [0, 0.05) is 53.5 Å². The number of aryl methyl sites for hydroxylation is 2. The van der Waals surface area contributed by atoms with Crippen molar-refractivity contribution >= 4 is 33.9 Å². The fourth-order valence-electron chi connectivity index (χ4n) is 15.1. The summed E-state index contributed by atoms with van der Waals surface area (Å²) < 4.78 is 86.2. The monoisotopic (exact) mass is 1680 g/mol. The number of likely N-dealkylation sites (N-methyl/N-ethyl adjacent to an activating group) is 1. The number of hydrogen-bond acceptors (Lipinski definition) is 19. The van der Waals surface area contributed by atoms with Crippen molar-refractivity contribution < 1.29 is 80.0 Å². The van der Waals surface area contributed by atoms with Crippen molar-refractivity contribution in [3.8, 4) is 17.2 Å². The lowest BCUT2D eigenvalue weighted by atomic mass is 10.0. The summed E-state index contributed by atoms with van der Waals surface area (Å²) in [7, 11) is -6.73. The molecule has 26 nitrogen and oxygen atoms in total. The molecule has 2 aliphatic rings. The minimum Gasteiger partial charge on any atom is -0.490 e. The molecule has 0 radical (unpaired) electrons. The van der Waals surface area contributed by atoms with Gasteiger partial charge in [0.1, 0.15) is 50.1 Å². The number of phosphoric acid groups is 1. The van der Waals surface area contributed by atoms with Gasteiger partial charge in [-0.3, -0.25) is 52.1 Å². The van der Waals surface area contributed by atoms with Crippen LogP contribution in [0.3, 0.4) is 0 Å². The van der Waals surface area contributed by atoms with Crippen LogP contribution in [-0.4, -0.2) is 129 Å². The topological polar surface area (TPSA) is 331 Å². The standard InChI is InChI=1S/C88H149N5O21P2/c1-7-10-13-16-19-22-25-28-31-34-37-40-43-46-49-52-58-105-75-62-72(63-76(106-59-53-50-47-44-41-38-35-32-29-26-23-20-17-14-11-8-2)83(75)108-60-54-51-48-45-42-39-36-33-30-27-24-21-18-15-12-9-3)86(98)91(6)57-61-107-81(94)55-56-82(95)113-73-64-79(92-66-70(4)84(96)89-87(92)99)112-78(73)69-110-116(103,104)114-74-65-80(111-77(74)68-109-115(101)102)93-67-71(5)85(97)90-88(93)100/h62-63,66-67,73-74,77-80H,7-61,64-65,68-69H2,1-6H3,(H3-,89,90,96,97,99,100,101,102,103,104)/p+1/t73?,74?,77-,78-,79-,80-/m1/s1. The van der Waals surface area contributed by atoms with Crippen LogP contribution in [0.15, 0.2) is 43.7 Å². The number of H-pyrrole nitrogens is 2. The fraction of sp³-hybridized carbons (Fsp3) is 0.807. The van der Waals surface area contributed by atoms with Gasteiger partial charge in [0.2, 0.25) is 5.75 Å². The van der Waals surface area contributed by atoms with Crippen molar-refractivity contribution in [2.75, 3.05) is 53.2 Å². The summed E-state index contributed by atoms with van der Waals surface area (Å²) in [6, 6.07) is 3.47. The Morgan fingerprint density at radius 3 is 1.20 bits per heavy atom. The summed E-state index contributed by atoms with van der Waals surface area (Å²) in [6.45, 7) is 9.40. The van der Waals surface area contributed by atoms with E-state index in [9.17, 15) is 52.5 Å². The van der Waals surface area contributed by atoms with E-state index in [0.29, 0.717) is 42.6 Å². The highest BCUT2D eigenvalue weighted by atomic mass is 31.2. The number of nitrogens with one attached hydrogen (secondary N) is 2. The number of amides is 1. The third-order valence-corrected chi connectivity index (χ3v) is 23.6. The van der Waals surface area contributed by atoms with Crippen LogP contribution in [0.2, 0.25) is 0 Å². The average Bonchev–Trinajstić information content (AvgIpc) is 0.842. The van der Waals surface area contributed by atoms with Gasteiger partial charge in [0.05, 0.1) is 45.8 Å². The van der Waals surface area contributed by atoms with Crippen LogP contribution >= 0.6 is 16.1 Å². The minimum absolute atomic E-state index is 0.0105. The third kappa shape index (κ3) is 43.1. The largest absolute Gasteiger partial charge is 0.694 e. The molecule has 0 aliphatic carbocycles. The Hall–Kier alpha value is -5.56. The van der Waals surface area contributed by atoms with Gasteiger partial charge in [-0.1, -0.05) is 310 Å². The lowest BCUT2D eigenvalue weighted by Crippen LogP contribution is -2.33. The summed E-state index contributed by atoms with van der Waals surface area (Å²) in [4.78, 5) is 118. The van der Waals surface area contributed by atoms with E-state index >= 15 is 0 Å². The molecule has 2 aliphatic heterocycles. The Labute approximate surface area is 693 Å². The number of carbonyl (C=O) groups excluding carboxylic acids is 3. The van der Waals surface area contributed by atoms with E-state index < -0.39 is 113 Å².